The van der Waals surface area contributed by atoms with Gasteiger partial charge in [-0.3, -0.25) is 9.69 Å². The highest BCUT2D eigenvalue weighted by atomic mass is 16.3. The Balaban J connectivity index is 1.42. The molecule has 1 aromatic heterocycles. The first-order valence-corrected chi connectivity index (χ1v) is 8.08. The molecule has 0 saturated carbocycles. The number of nitrogens with zero attached hydrogens (tertiary/aromatic N) is 2. The number of piperazine rings is 1. The highest BCUT2D eigenvalue weighted by Crippen LogP contribution is 2.08. The highest BCUT2D eigenvalue weighted by molar-refractivity contribution is 5.91. The summed E-state index contributed by atoms with van der Waals surface area (Å²) in [4.78, 5) is 16.5. The van der Waals surface area contributed by atoms with Crippen molar-refractivity contribution in [2.24, 2.45) is 0 Å². The molecule has 1 aliphatic rings. The molecule has 4 heteroatoms. The minimum Gasteiger partial charge on any atom is -0.465 e. The predicted molar refractivity (Wildman–Crippen MR) is 90.9 cm³/mol. The molecule has 0 unspecified atom stereocenters. The third kappa shape index (κ3) is 4.57. The van der Waals surface area contributed by atoms with Gasteiger partial charge in [0.05, 0.1) is 6.26 Å². The Morgan fingerprint density at radius 1 is 1.04 bits per heavy atom. The van der Waals surface area contributed by atoms with Crippen LogP contribution in [0.15, 0.2) is 59.2 Å². The molecule has 1 aliphatic heterocycles. The van der Waals surface area contributed by atoms with E-state index in [9.17, 15) is 4.79 Å². The summed E-state index contributed by atoms with van der Waals surface area (Å²) < 4.78 is 5.20. The second-order valence-corrected chi connectivity index (χ2v) is 5.75. The molecule has 0 atom stereocenters. The Bertz CT molecular complexity index is 627. The van der Waals surface area contributed by atoms with E-state index in [4.69, 9.17) is 4.42 Å². The van der Waals surface area contributed by atoms with E-state index in [2.05, 4.69) is 29.2 Å². The van der Waals surface area contributed by atoms with Gasteiger partial charge in [0.15, 0.2) is 0 Å². The number of hydrogen-bond acceptors (Lipinski definition) is 3. The van der Waals surface area contributed by atoms with Crippen LogP contribution in [0.25, 0.3) is 6.08 Å². The van der Waals surface area contributed by atoms with E-state index in [1.807, 2.05) is 23.1 Å². The van der Waals surface area contributed by atoms with Crippen molar-refractivity contribution in [2.75, 3.05) is 32.7 Å². The fraction of sp³-hybridized carbons (Fsp3) is 0.316. The van der Waals surface area contributed by atoms with Gasteiger partial charge in [-0.2, -0.15) is 0 Å². The summed E-state index contributed by atoms with van der Waals surface area (Å²) >= 11 is 0. The number of amides is 1. The standard InChI is InChI=1S/C19H22N2O2/c22-19(9-8-18-7-4-16-23-18)21-14-12-20(13-15-21)11-10-17-5-2-1-3-6-17/h1-9,16H,10-15H2/b9-8+. The third-order valence-electron chi connectivity index (χ3n) is 4.18. The van der Waals surface area contributed by atoms with Crippen LogP contribution in [0, 0.1) is 0 Å². The fourth-order valence-electron chi connectivity index (χ4n) is 2.77. The zero-order valence-corrected chi connectivity index (χ0v) is 13.2. The van der Waals surface area contributed by atoms with E-state index in [0.29, 0.717) is 5.76 Å². The molecule has 2 aromatic rings. The minimum atomic E-state index is 0.0594. The van der Waals surface area contributed by atoms with Gasteiger partial charge in [-0.25, -0.2) is 0 Å². The van der Waals surface area contributed by atoms with Crippen LogP contribution in [0.1, 0.15) is 11.3 Å². The zero-order valence-electron chi connectivity index (χ0n) is 13.2. The van der Waals surface area contributed by atoms with Crippen molar-refractivity contribution in [1.82, 2.24) is 9.80 Å². The molecule has 23 heavy (non-hydrogen) atoms. The van der Waals surface area contributed by atoms with E-state index in [0.717, 1.165) is 39.1 Å². The molecule has 0 radical (unpaired) electrons. The molecule has 0 spiro atoms. The lowest BCUT2D eigenvalue weighted by Gasteiger charge is -2.34. The molecule has 1 fully saturated rings. The van der Waals surface area contributed by atoms with Crippen LogP contribution in [0.3, 0.4) is 0 Å². The van der Waals surface area contributed by atoms with Gasteiger partial charge in [-0.1, -0.05) is 30.3 Å². The van der Waals surface area contributed by atoms with E-state index in [-0.39, 0.29) is 5.91 Å². The SMILES string of the molecule is O=C(/C=C/c1ccco1)N1CCN(CCc2ccccc2)CC1. The molecule has 1 aromatic carbocycles. The normalized spacial score (nSPS) is 16.1. The summed E-state index contributed by atoms with van der Waals surface area (Å²) in [6, 6.07) is 14.2. The molecular weight excluding hydrogens is 288 g/mol. The van der Waals surface area contributed by atoms with Crippen molar-refractivity contribution in [2.45, 2.75) is 6.42 Å². The second kappa shape index (κ2) is 7.79. The van der Waals surface area contributed by atoms with Crippen molar-refractivity contribution in [1.29, 1.82) is 0 Å². The van der Waals surface area contributed by atoms with Crippen LogP contribution in [0.5, 0.6) is 0 Å². The summed E-state index contributed by atoms with van der Waals surface area (Å²) in [5.74, 6) is 0.768. The van der Waals surface area contributed by atoms with Crippen LogP contribution in [-0.2, 0) is 11.2 Å². The van der Waals surface area contributed by atoms with Gasteiger partial charge in [-0.15, -0.1) is 0 Å². The first-order chi connectivity index (χ1) is 11.3. The lowest BCUT2D eigenvalue weighted by Crippen LogP contribution is -2.48. The van der Waals surface area contributed by atoms with Crippen molar-refractivity contribution in [3.63, 3.8) is 0 Å². The van der Waals surface area contributed by atoms with Gasteiger partial charge in [-0.05, 0) is 30.2 Å². The quantitative estimate of drug-likeness (QED) is 0.797. The van der Waals surface area contributed by atoms with Crippen molar-refractivity contribution < 1.29 is 9.21 Å². The van der Waals surface area contributed by atoms with Crippen molar-refractivity contribution >= 4 is 12.0 Å². The monoisotopic (exact) mass is 310 g/mol. The second-order valence-electron chi connectivity index (χ2n) is 5.75. The molecule has 1 amide bonds. The Morgan fingerprint density at radius 2 is 1.83 bits per heavy atom. The molecule has 2 heterocycles. The number of rotatable bonds is 5. The smallest absolute Gasteiger partial charge is 0.246 e. The van der Waals surface area contributed by atoms with Crippen LogP contribution >= 0.6 is 0 Å². The van der Waals surface area contributed by atoms with Gasteiger partial charge in [0.2, 0.25) is 5.91 Å². The summed E-state index contributed by atoms with van der Waals surface area (Å²) in [7, 11) is 0. The van der Waals surface area contributed by atoms with Crippen LogP contribution in [-0.4, -0.2) is 48.4 Å². The molecule has 0 N–H and O–H groups in total. The fourth-order valence-corrected chi connectivity index (χ4v) is 2.77. The zero-order chi connectivity index (χ0) is 15.9. The molecule has 4 nitrogen and oxygen atoms in total. The molecule has 3 rings (SSSR count). The number of hydrogen-bond donors (Lipinski definition) is 0. The molecule has 0 aliphatic carbocycles. The van der Waals surface area contributed by atoms with Crippen LogP contribution in [0.4, 0.5) is 0 Å². The van der Waals surface area contributed by atoms with Gasteiger partial charge in [0, 0.05) is 38.8 Å². The van der Waals surface area contributed by atoms with E-state index < -0.39 is 0 Å². The van der Waals surface area contributed by atoms with Crippen molar-refractivity contribution in [3.8, 4) is 0 Å². The van der Waals surface area contributed by atoms with E-state index >= 15 is 0 Å². The number of furan rings is 1. The first-order valence-electron chi connectivity index (χ1n) is 8.08. The third-order valence-corrected chi connectivity index (χ3v) is 4.18. The van der Waals surface area contributed by atoms with E-state index in [1.54, 1.807) is 18.4 Å². The molecule has 1 saturated heterocycles. The number of benzene rings is 1. The number of carbonyl (C=O) groups excluding carboxylic acids is 1. The van der Waals surface area contributed by atoms with Crippen molar-refractivity contribution in [3.05, 3.63) is 66.1 Å². The number of carbonyl (C=O) groups is 1. The summed E-state index contributed by atoms with van der Waals surface area (Å²) in [5.41, 5.74) is 1.37. The van der Waals surface area contributed by atoms with Gasteiger partial charge < -0.3 is 9.32 Å². The van der Waals surface area contributed by atoms with E-state index in [1.165, 1.54) is 5.56 Å². The maximum atomic E-state index is 12.2. The van der Waals surface area contributed by atoms with Gasteiger partial charge in [0.25, 0.3) is 0 Å². The Labute approximate surface area is 137 Å². The average Bonchev–Trinajstić information content (AvgIpc) is 3.13. The maximum Gasteiger partial charge on any atom is 0.246 e. The topological polar surface area (TPSA) is 36.7 Å². The van der Waals surface area contributed by atoms with Gasteiger partial charge in [0.1, 0.15) is 5.76 Å². The Hall–Kier alpha value is -2.33. The molecule has 120 valence electrons. The Morgan fingerprint density at radius 3 is 2.52 bits per heavy atom. The maximum absolute atomic E-state index is 12.2. The lowest BCUT2D eigenvalue weighted by molar-refractivity contribution is -0.127. The summed E-state index contributed by atoms with van der Waals surface area (Å²) in [5, 5.41) is 0. The molecular formula is C19H22N2O2. The largest absolute Gasteiger partial charge is 0.465 e. The predicted octanol–water partition coefficient (Wildman–Crippen LogP) is 2.68. The Kier molecular flexibility index (Phi) is 5.27. The average molecular weight is 310 g/mol. The molecule has 0 bridgehead atoms. The summed E-state index contributed by atoms with van der Waals surface area (Å²) in [6.45, 7) is 4.50. The summed E-state index contributed by atoms with van der Waals surface area (Å²) in [6.07, 6.45) is 5.99. The lowest BCUT2D eigenvalue weighted by atomic mass is 10.1. The first kappa shape index (κ1) is 15.6. The van der Waals surface area contributed by atoms with Crippen LogP contribution in [0.2, 0.25) is 0 Å². The van der Waals surface area contributed by atoms with Gasteiger partial charge >= 0.3 is 0 Å². The highest BCUT2D eigenvalue weighted by Gasteiger charge is 2.19. The minimum absolute atomic E-state index is 0.0594. The van der Waals surface area contributed by atoms with Crippen LogP contribution < -0.4 is 0 Å².